The maximum absolute atomic E-state index is 10.6. The fraction of sp³-hybridized carbons (Fsp3) is 0.400. The second-order valence-electron chi connectivity index (χ2n) is 1.50. The van der Waals surface area contributed by atoms with Crippen molar-refractivity contribution in [3.8, 4) is 0 Å². The zero-order valence-electron chi connectivity index (χ0n) is 4.22. The molecule has 46 valence electrons. The normalized spacial score (nSPS) is 26.0. The van der Waals surface area contributed by atoms with Crippen molar-refractivity contribution < 1.29 is 31.1 Å². The van der Waals surface area contributed by atoms with Crippen molar-refractivity contribution in [2.75, 3.05) is 4.43 Å². The molecular formula is C5H6IO2-. The fourth-order valence-corrected chi connectivity index (χ4v) is 2.77. The number of carbonyl (C=O) groups excluding carboxylic acids is 1. The zero-order chi connectivity index (χ0) is 5.98. The van der Waals surface area contributed by atoms with Gasteiger partial charge in [0.25, 0.3) is 0 Å². The number of rotatable bonds is 0. The molecular weight excluding hydrogens is 219 g/mol. The molecule has 0 spiro atoms. The molecule has 0 amide bonds. The topological polar surface area (TPSA) is 37.3 Å². The van der Waals surface area contributed by atoms with Gasteiger partial charge in [-0.05, 0) is 0 Å². The van der Waals surface area contributed by atoms with Crippen LogP contribution in [0.4, 0.5) is 0 Å². The number of aliphatic hydroxyl groups excluding tert-OH is 1. The van der Waals surface area contributed by atoms with E-state index < -0.39 is 0 Å². The van der Waals surface area contributed by atoms with E-state index in [1.54, 1.807) is 0 Å². The monoisotopic (exact) mass is 225 g/mol. The Morgan fingerprint density at radius 2 is 2.50 bits per heavy atom. The summed E-state index contributed by atoms with van der Waals surface area (Å²) in [5.41, 5.74) is 0.637. The molecule has 0 radical (unpaired) electrons. The summed E-state index contributed by atoms with van der Waals surface area (Å²) in [4.78, 5) is 10.6. The van der Waals surface area contributed by atoms with Crippen molar-refractivity contribution in [2.24, 2.45) is 0 Å². The summed E-state index contributed by atoms with van der Waals surface area (Å²) in [6, 6.07) is 0. The second kappa shape index (κ2) is 2.48. The standard InChI is InChI=1S/C5H6IO2/c7-3-4-1-2-6-5(4)8/h3,7H,1-2H2/q-1. The van der Waals surface area contributed by atoms with Gasteiger partial charge in [-0.1, -0.05) is 0 Å². The average Bonchev–Trinajstić information content (AvgIpc) is 2.14. The number of allylic oxidation sites excluding steroid dienone is 1. The summed E-state index contributed by atoms with van der Waals surface area (Å²) in [5.74, 6) is 0. The van der Waals surface area contributed by atoms with E-state index in [9.17, 15) is 4.79 Å². The predicted octanol–water partition coefficient (Wildman–Crippen LogP) is -2.55. The molecule has 1 aliphatic heterocycles. The third-order valence-electron chi connectivity index (χ3n) is 0.988. The van der Waals surface area contributed by atoms with Crippen LogP contribution in [0, 0.1) is 0 Å². The van der Waals surface area contributed by atoms with Crippen LogP contribution in [0.3, 0.4) is 0 Å². The number of hydrogen-bond acceptors (Lipinski definition) is 2. The predicted molar refractivity (Wildman–Crippen MR) is 25.2 cm³/mol. The average molecular weight is 225 g/mol. The summed E-state index contributed by atoms with van der Waals surface area (Å²) in [6.07, 6.45) is 1.76. The van der Waals surface area contributed by atoms with Gasteiger partial charge in [0.15, 0.2) is 0 Å². The van der Waals surface area contributed by atoms with E-state index in [2.05, 4.69) is 0 Å². The summed E-state index contributed by atoms with van der Waals surface area (Å²) in [7, 11) is 0. The molecule has 1 rings (SSSR count). The fourth-order valence-electron chi connectivity index (χ4n) is 0.534. The van der Waals surface area contributed by atoms with Crippen LogP contribution >= 0.6 is 0 Å². The van der Waals surface area contributed by atoms with Crippen LogP contribution in [0.2, 0.25) is 0 Å². The molecule has 0 atom stereocenters. The number of aliphatic hydroxyl groups is 1. The van der Waals surface area contributed by atoms with Crippen LogP contribution in [0.25, 0.3) is 0 Å². The van der Waals surface area contributed by atoms with Crippen molar-refractivity contribution in [3.05, 3.63) is 11.8 Å². The van der Waals surface area contributed by atoms with E-state index in [1.807, 2.05) is 0 Å². The molecule has 0 aliphatic carbocycles. The SMILES string of the molecule is O=C1[I-]CCC1=CO. The van der Waals surface area contributed by atoms with Gasteiger partial charge in [-0.15, -0.1) is 0 Å². The Morgan fingerprint density at radius 1 is 1.75 bits per heavy atom. The zero-order valence-corrected chi connectivity index (χ0v) is 6.38. The molecule has 0 unspecified atom stereocenters. The molecule has 1 saturated heterocycles. The van der Waals surface area contributed by atoms with E-state index in [-0.39, 0.29) is 25.0 Å². The third-order valence-corrected chi connectivity index (χ3v) is 3.45. The van der Waals surface area contributed by atoms with Crippen LogP contribution in [0.15, 0.2) is 11.8 Å². The molecule has 1 heterocycles. The quantitative estimate of drug-likeness (QED) is 0.162. The van der Waals surface area contributed by atoms with E-state index in [1.165, 1.54) is 0 Å². The molecule has 0 aromatic heterocycles. The van der Waals surface area contributed by atoms with Crippen molar-refractivity contribution >= 4 is 3.79 Å². The summed E-state index contributed by atoms with van der Waals surface area (Å²) < 4.78 is 1.23. The molecule has 1 N–H and O–H groups in total. The Hall–Kier alpha value is -0.0600. The number of hydrogen-bond donors (Lipinski definition) is 1. The van der Waals surface area contributed by atoms with Gasteiger partial charge in [0.05, 0.1) is 0 Å². The minimum absolute atomic E-state index is 0.214. The number of halogens is 1. The van der Waals surface area contributed by atoms with Gasteiger partial charge in [0, 0.05) is 0 Å². The minimum atomic E-state index is -0.234. The van der Waals surface area contributed by atoms with E-state index in [0.717, 1.165) is 17.1 Å². The first kappa shape index (κ1) is 6.07. The molecule has 8 heavy (non-hydrogen) atoms. The van der Waals surface area contributed by atoms with Crippen LogP contribution < -0.4 is 21.2 Å². The Morgan fingerprint density at radius 3 is 2.75 bits per heavy atom. The van der Waals surface area contributed by atoms with Crippen molar-refractivity contribution in [1.82, 2.24) is 0 Å². The summed E-state index contributed by atoms with van der Waals surface area (Å²) >= 11 is -0.234. The Bertz CT molecular complexity index is 139. The molecule has 0 aromatic rings. The Labute approximate surface area is 57.8 Å². The van der Waals surface area contributed by atoms with Crippen LogP contribution in [0.1, 0.15) is 6.42 Å². The third kappa shape index (κ3) is 1.02. The van der Waals surface area contributed by atoms with Crippen molar-refractivity contribution in [2.45, 2.75) is 6.42 Å². The first-order valence-electron chi connectivity index (χ1n) is 2.31. The van der Waals surface area contributed by atoms with Crippen molar-refractivity contribution in [1.29, 1.82) is 0 Å². The van der Waals surface area contributed by atoms with E-state index in [4.69, 9.17) is 5.11 Å². The second-order valence-corrected chi connectivity index (χ2v) is 4.32. The van der Waals surface area contributed by atoms with Gasteiger partial charge in [-0.2, -0.15) is 0 Å². The van der Waals surface area contributed by atoms with Crippen LogP contribution in [-0.4, -0.2) is 13.3 Å². The maximum atomic E-state index is 10.6. The van der Waals surface area contributed by atoms with Gasteiger partial charge in [-0.25, -0.2) is 0 Å². The summed E-state index contributed by atoms with van der Waals surface area (Å²) in [6.45, 7) is 0. The molecule has 2 nitrogen and oxygen atoms in total. The van der Waals surface area contributed by atoms with Crippen LogP contribution in [-0.2, 0) is 4.79 Å². The van der Waals surface area contributed by atoms with Gasteiger partial charge in [-0.3, -0.25) is 0 Å². The molecule has 1 aliphatic rings. The number of carbonyl (C=O) groups is 1. The van der Waals surface area contributed by atoms with Gasteiger partial charge in [0.2, 0.25) is 0 Å². The summed E-state index contributed by atoms with van der Waals surface area (Å²) in [5, 5.41) is 8.37. The Kier molecular flexibility index (Phi) is 1.88. The molecule has 1 fully saturated rings. The first-order chi connectivity index (χ1) is 3.84. The molecule has 0 bridgehead atoms. The van der Waals surface area contributed by atoms with E-state index in [0.29, 0.717) is 5.57 Å². The van der Waals surface area contributed by atoms with Crippen LogP contribution in [0.5, 0.6) is 0 Å². The first-order valence-corrected chi connectivity index (χ1v) is 4.92. The van der Waals surface area contributed by atoms with Gasteiger partial charge >= 0.3 is 57.6 Å². The van der Waals surface area contributed by atoms with E-state index >= 15 is 0 Å². The number of alkyl halides is 1. The van der Waals surface area contributed by atoms with Gasteiger partial charge < -0.3 is 0 Å². The van der Waals surface area contributed by atoms with Crippen molar-refractivity contribution in [3.63, 3.8) is 0 Å². The molecule has 0 aromatic carbocycles. The van der Waals surface area contributed by atoms with Gasteiger partial charge in [0.1, 0.15) is 0 Å². The Balaban J connectivity index is 2.69. The molecule has 3 heteroatoms. The molecule has 0 saturated carbocycles.